The molecule has 20 heavy (non-hydrogen) atoms. The summed E-state index contributed by atoms with van der Waals surface area (Å²) >= 11 is 0. The summed E-state index contributed by atoms with van der Waals surface area (Å²) in [6.45, 7) is 13.8. The first-order chi connectivity index (χ1) is 9.63. The van der Waals surface area contributed by atoms with Gasteiger partial charge in [0.25, 0.3) is 0 Å². The van der Waals surface area contributed by atoms with Crippen LogP contribution < -0.4 is 10.6 Å². The van der Waals surface area contributed by atoms with Gasteiger partial charge in [-0.1, -0.05) is 66.2 Å². The molecule has 0 atom stereocenters. The number of hydrogen-bond donors (Lipinski definition) is 2. The third kappa shape index (κ3) is 17.9. The lowest BCUT2D eigenvalue weighted by Gasteiger charge is -2.07. The van der Waals surface area contributed by atoms with E-state index in [1.165, 1.54) is 77.5 Å². The molecule has 0 aromatic rings. The van der Waals surface area contributed by atoms with Crippen LogP contribution in [0.15, 0.2) is 0 Å². The molecule has 0 aliphatic carbocycles. The Morgan fingerprint density at radius 2 is 0.800 bits per heavy atom. The number of unbranched alkanes of at least 4 members (excludes halogenated alkanes) is 7. The molecule has 0 aromatic carbocycles. The van der Waals surface area contributed by atoms with Crippen LogP contribution in [0, 0.1) is 11.8 Å². The Hall–Kier alpha value is -0.0800. The van der Waals surface area contributed by atoms with Crippen LogP contribution in [0.5, 0.6) is 0 Å². The molecule has 2 heteroatoms. The van der Waals surface area contributed by atoms with Crippen LogP contribution in [-0.4, -0.2) is 26.2 Å². The SMILES string of the molecule is CC(C)CNCCCCCCCCCCNCC(C)C. The molecule has 0 aliphatic rings. The monoisotopic (exact) mass is 284 g/mol. The molecule has 0 rings (SSSR count). The van der Waals surface area contributed by atoms with Crippen LogP contribution in [-0.2, 0) is 0 Å². The van der Waals surface area contributed by atoms with Crippen molar-refractivity contribution in [2.45, 2.75) is 79.1 Å². The maximum absolute atomic E-state index is 3.52. The maximum atomic E-state index is 3.52. The van der Waals surface area contributed by atoms with Crippen molar-refractivity contribution in [3.05, 3.63) is 0 Å². The zero-order valence-corrected chi connectivity index (χ0v) is 14.6. The molecule has 0 aliphatic heterocycles. The highest BCUT2D eigenvalue weighted by Gasteiger charge is 1.95. The molecule has 0 heterocycles. The van der Waals surface area contributed by atoms with Crippen LogP contribution >= 0.6 is 0 Å². The molecule has 0 bridgehead atoms. The average molecular weight is 285 g/mol. The fourth-order valence-electron chi connectivity index (χ4n) is 2.34. The van der Waals surface area contributed by atoms with Gasteiger partial charge in [-0.05, 0) is 50.9 Å². The van der Waals surface area contributed by atoms with Crippen molar-refractivity contribution in [2.75, 3.05) is 26.2 Å². The largest absolute Gasteiger partial charge is 0.316 e. The standard InChI is InChI=1S/C18H40N2/c1-17(2)15-19-13-11-9-7-5-6-8-10-12-14-20-16-18(3)4/h17-20H,5-16H2,1-4H3. The van der Waals surface area contributed by atoms with Crippen LogP contribution in [0.25, 0.3) is 0 Å². The van der Waals surface area contributed by atoms with E-state index in [1.807, 2.05) is 0 Å². The van der Waals surface area contributed by atoms with Crippen LogP contribution in [0.2, 0.25) is 0 Å². The van der Waals surface area contributed by atoms with Gasteiger partial charge in [0.1, 0.15) is 0 Å². The normalized spacial score (nSPS) is 11.7. The molecule has 0 amide bonds. The Labute approximate surface area is 128 Å². The fraction of sp³-hybridized carbons (Fsp3) is 1.00. The predicted molar refractivity (Wildman–Crippen MR) is 92.4 cm³/mol. The smallest absolute Gasteiger partial charge is 0.00258 e. The van der Waals surface area contributed by atoms with Gasteiger partial charge in [0.2, 0.25) is 0 Å². The van der Waals surface area contributed by atoms with Crippen molar-refractivity contribution < 1.29 is 0 Å². The first-order valence-electron chi connectivity index (χ1n) is 9.04. The minimum absolute atomic E-state index is 0.782. The lowest BCUT2D eigenvalue weighted by atomic mass is 10.1. The zero-order valence-electron chi connectivity index (χ0n) is 14.6. The van der Waals surface area contributed by atoms with Crippen molar-refractivity contribution in [3.8, 4) is 0 Å². The van der Waals surface area contributed by atoms with Gasteiger partial charge in [0.15, 0.2) is 0 Å². The third-order valence-electron chi connectivity index (χ3n) is 3.56. The van der Waals surface area contributed by atoms with Gasteiger partial charge in [-0.25, -0.2) is 0 Å². The molecular weight excluding hydrogens is 244 g/mol. The van der Waals surface area contributed by atoms with Crippen molar-refractivity contribution in [1.29, 1.82) is 0 Å². The lowest BCUT2D eigenvalue weighted by Crippen LogP contribution is -2.20. The second-order valence-electron chi connectivity index (χ2n) is 7.02. The van der Waals surface area contributed by atoms with Crippen LogP contribution in [0.1, 0.15) is 79.1 Å². The Kier molecular flexibility index (Phi) is 15.3. The van der Waals surface area contributed by atoms with E-state index in [9.17, 15) is 0 Å². The first-order valence-corrected chi connectivity index (χ1v) is 9.04. The zero-order chi connectivity index (χ0) is 15.1. The molecule has 2 N–H and O–H groups in total. The highest BCUT2D eigenvalue weighted by atomic mass is 14.8. The predicted octanol–water partition coefficient (Wildman–Crippen LogP) is 4.60. The van der Waals surface area contributed by atoms with Crippen molar-refractivity contribution >= 4 is 0 Å². The summed E-state index contributed by atoms with van der Waals surface area (Å²) in [5.41, 5.74) is 0. The summed E-state index contributed by atoms with van der Waals surface area (Å²) in [7, 11) is 0. The second-order valence-corrected chi connectivity index (χ2v) is 7.02. The van der Waals surface area contributed by atoms with E-state index < -0.39 is 0 Å². The minimum Gasteiger partial charge on any atom is -0.316 e. The summed E-state index contributed by atoms with van der Waals surface area (Å²) in [6.07, 6.45) is 11.2. The topological polar surface area (TPSA) is 24.1 Å². The molecule has 0 aromatic heterocycles. The molecular formula is C18H40N2. The molecule has 122 valence electrons. The molecule has 0 saturated carbocycles. The molecule has 0 unspecified atom stereocenters. The van der Waals surface area contributed by atoms with E-state index in [0.29, 0.717) is 0 Å². The van der Waals surface area contributed by atoms with Gasteiger partial charge in [0, 0.05) is 0 Å². The Bertz CT molecular complexity index is 158. The Morgan fingerprint density at radius 1 is 0.500 bits per heavy atom. The van der Waals surface area contributed by atoms with Gasteiger partial charge in [-0.2, -0.15) is 0 Å². The lowest BCUT2D eigenvalue weighted by molar-refractivity contribution is 0.507. The summed E-state index contributed by atoms with van der Waals surface area (Å²) in [6, 6.07) is 0. The Morgan fingerprint density at radius 3 is 1.10 bits per heavy atom. The fourth-order valence-corrected chi connectivity index (χ4v) is 2.34. The van der Waals surface area contributed by atoms with E-state index in [0.717, 1.165) is 11.8 Å². The second kappa shape index (κ2) is 15.3. The molecule has 2 nitrogen and oxygen atoms in total. The molecule has 0 saturated heterocycles. The van der Waals surface area contributed by atoms with Crippen LogP contribution in [0.3, 0.4) is 0 Å². The van der Waals surface area contributed by atoms with E-state index in [-0.39, 0.29) is 0 Å². The number of nitrogens with one attached hydrogen (secondary N) is 2. The van der Waals surface area contributed by atoms with E-state index in [1.54, 1.807) is 0 Å². The average Bonchev–Trinajstić information content (AvgIpc) is 2.38. The van der Waals surface area contributed by atoms with Gasteiger partial charge >= 0.3 is 0 Å². The quantitative estimate of drug-likeness (QED) is 0.430. The molecule has 0 spiro atoms. The number of hydrogen-bond acceptors (Lipinski definition) is 2. The highest BCUT2D eigenvalue weighted by molar-refractivity contribution is 4.54. The summed E-state index contributed by atoms with van der Waals surface area (Å²) in [5, 5.41) is 7.03. The van der Waals surface area contributed by atoms with Crippen LogP contribution in [0.4, 0.5) is 0 Å². The van der Waals surface area contributed by atoms with Gasteiger partial charge in [-0.15, -0.1) is 0 Å². The van der Waals surface area contributed by atoms with Gasteiger partial charge in [0.05, 0.1) is 0 Å². The maximum Gasteiger partial charge on any atom is -0.00258 e. The summed E-state index contributed by atoms with van der Waals surface area (Å²) in [5.74, 6) is 1.56. The minimum atomic E-state index is 0.782. The Balaban J connectivity index is 2.96. The van der Waals surface area contributed by atoms with Gasteiger partial charge in [-0.3, -0.25) is 0 Å². The summed E-state index contributed by atoms with van der Waals surface area (Å²) in [4.78, 5) is 0. The van der Waals surface area contributed by atoms with Crippen molar-refractivity contribution in [3.63, 3.8) is 0 Å². The van der Waals surface area contributed by atoms with E-state index in [2.05, 4.69) is 38.3 Å². The first kappa shape index (κ1) is 19.9. The van der Waals surface area contributed by atoms with E-state index >= 15 is 0 Å². The van der Waals surface area contributed by atoms with E-state index in [4.69, 9.17) is 0 Å². The third-order valence-corrected chi connectivity index (χ3v) is 3.56. The summed E-state index contributed by atoms with van der Waals surface area (Å²) < 4.78 is 0. The van der Waals surface area contributed by atoms with Crippen molar-refractivity contribution in [2.24, 2.45) is 11.8 Å². The van der Waals surface area contributed by atoms with Crippen molar-refractivity contribution in [1.82, 2.24) is 10.6 Å². The number of rotatable bonds is 15. The molecule has 0 fully saturated rings. The molecule has 0 radical (unpaired) electrons. The highest BCUT2D eigenvalue weighted by Crippen LogP contribution is 2.08. The van der Waals surface area contributed by atoms with Gasteiger partial charge < -0.3 is 10.6 Å².